The fourth-order valence-electron chi connectivity index (χ4n) is 3.78. The maximum absolute atomic E-state index is 6.36. The highest BCUT2D eigenvalue weighted by Gasteiger charge is 2.22. The molecule has 0 unspecified atom stereocenters. The van der Waals surface area contributed by atoms with Crippen molar-refractivity contribution in [2.24, 2.45) is 0 Å². The second kappa shape index (κ2) is 10.5. The number of benzene rings is 2. The van der Waals surface area contributed by atoms with Gasteiger partial charge in [0.1, 0.15) is 0 Å². The number of methoxy groups -OCH3 is 1. The Kier molecular flexibility index (Phi) is 7.45. The Bertz CT molecular complexity index is 1020. The number of fused-ring (bicyclic) bond motifs is 1. The molecule has 3 aromatic rings. The summed E-state index contributed by atoms with van der Waals surface area (Å²) in [5.74, 6) is 1.75. The first kappa shape index (κ1) is 22.1. The largest absolute Gasteiger partial charge is 0.385 e. The van der Waals surface area contributed by atoms with Gasteiger partial charge < -0.3 is 15.0 Å². The molecule has 0 saturated carbocycles. The van der Waals surface area contributed by atoms with Crippen molar-refractivity contribution in [2.45, 2.75) is 13.0 Å². The minimum Gasteiger partial charge on any atom is -0.385 e. The zero-order valence-corrected chi connectivity index (χ0v) is 19.2. The van der Waals surface area contributed by atoms with Crippen LogP contribution in [-0.4, -0.2) is 61.3 Å². The van der Waals surface area contributed by atoms with E-state index in [1.807, 2.05) is 42.5 Å². The highest BCUT2D eigenvalue weighted by molar-refractivity contribution is 6.33. The number of halogens is 2. The van der Waals surface area contributed by atoms with Gasteiger partial charge in [-0.25, -0.2) is 9.97 Å². The van der Waals surface area contributed by atoms with E-state index in [1.54, 1.807) is 7.11 Å². The Morgan fingerprint density at radius 1 is 1.00 bits per heavy atom. The second-order valence-corrected chi connectivity index (χ2v) is 8.50. The predicted octanol–water partition coefficient (Wildman–Crippen LogP) is 4.71. The minimum atomic E-state index is 0.716. The number of piperazine rings is 1. The van der Waals surface area contributed by atoms with Crippen molar-refractivity contribution >= 4 is 45.9 Å². The molecule has 6 nitrogen and oxygen atoms in total. The molecule has 0 radical (unpaired) electrons. The summed E-state index contributed by atoms with van der Waals surface area (Å²) in [4.78, 5) is 14.5. The molecule has 1 fully saturated rings. The molecule has 2 aromatic carbocycles. The maximum atomic E-state index is 6.36. The Balaban J connectivity index is 1.47. The fourth-order valence-corrected chi connectivity index (χ4v) is 4.15. The number of ether oxygens (including phenoxy) is 1. The van der Waals surface area contributed by atoms with Gasteiger partial charge in [-0.3, -0.25) is 4.90 Å². The van der Waals surface area contributed by atoms with Crippen molar-refractivity contribution in [3.05, 3.63) is 58.1 Å². The molecule has 164 valence electrons. The highest BCUT2D eigenvalue weighted by Crippen LogP contribution is 2.27. The summed E-state index contributed by atoms with van der Waals surface area (Å²) >= 11 is 12.5. The monoisotopic (exact) mass is 459 g/mol. The van der Waals surface area contributed by atoms with Crippen LogP contribution >= 0.6 is 23.2 Å². The number of para-hydroxylation sites is 2. The first-order valence-corrected chi connectivity index (χ1v) is 11.3. The molecule has 1 N–H and O–H groups in total. The molecule has 0 bridgehead atoms. The molecule has 4 rings (SSSR count). The third-order valence-corrected chi connectivity index (χ3v) is 6.05. The summed E-state index contributed by atoms with van der Waals surface area (Å²) in [5, 5.41) is 4.94. The van der Waals surface area contributed by atoms with Gasteiger partial charge in [-0.05, 0) is 42.3 Å². The summed E-state index contributed by atoms with van der Waals surface area (Å²) < 4.78 is 5.16. The first-order valence-electron chi connectivity index (χ1n) is 10.5. The van der Waals surface area contributed by atoms with Crippen LogP contribution in [0.5, 0.6) is 0 Å². The van der Waals surface area contributed by atoms with E-state index in [9.17, 15) is 0 Å². The molecule has 0 atom stereocenters. The van der Waals surface area contributed by atoms with E-state index in [1.165, 1.54) is 0 Å². The van der Waals surface area contributed by atoms with Crippen molar-refractivity contribution < 1.29 is 4.74 Å². The van der Waals surface area contributed by atoms with Crippen LogP contribution in [0.4, 0.5) is 11.6 Å². The van der Waals surface area contributed by atoms with Gasteiger partial charge in [-0.1, -0.05) is 35.3 Å². The van der Waals surface area contributed by atoms with E-state index >= 15 is 0 Å². The summed E-state index contributed by atoms with van der Waals surface area (Å²) in [6.07, 6.45) is 0.915. The van der Waals surface area contributed by atoms with Crippen LogP contribution in [0.15, 0.2) is 42.5 Å². The topological polar surface area (TPSA) is 53.5 Å². The number of aromatic nitrogens is 2. The van der Waals surface area contributed by atoms with E-state index in [4.69, 9.17) is 37.9 Å². The maximum Gasteiger partial charge on any atom is 0.172 e. The van der Waals surface area contributed by atoms with Gasteiger partial charge in [0, 0.05) is 63.0 Å². The van der Waals surface area contributed by atoms with E-state index in [0.717, 1.165) is 78.9 Å². The number of anilines is 2. The van der Waals surface area contributed by atoms with Crippen LogP contribution in [0.1, 0.15) is 12.0 Å². The Hall–Kier alpha value is -2.12. The zero-order valence-electron chi connectivity index (χ0n) is 17.7. The molecule has 31 heavy (non-hydrogen) atoms. The number of nitrogens with one attached hydrogen (secondary N) is 1. The number of nitrogens with zero attached hydrogens (tertiary/aromatic N) is 4. The van der Waals surface area contributed by atoms with Gasteiger partial charge in [0.2, 0.25) is 0 Å². The van der Waals surface area contributed by atoms with Crippen LogP contribution in [-0.2, 0) is 11.3 Å². The fraction of sp³-hybridized carbons (Fsp3) is 0.391. The number of rotatable bonds is 8. The van der Waals surface area contributed by atoms with Crippen molar-refractivity contribution in [3.63, 3.8) is 0 Å². The van der Waals surface area contributed by atoms with Gasteiger partial charge >= 0.3 is 0 Å². The van der Waals surface area contributed by atoms with Crippen LogP contribution in [0.2, 0.25) is 10.0 Å². The second-order valence-electron chi connectivity index (χ2n) is 7.66. The molecule has 0 spiro atoms. The minimum absolute atomic E-state index is 0.716. The van der Waals surface area contributed by atoms with Crippen molar-refractivity contribution in [3.8, 4) is 0 Å². The molecule has 1 aromatic heterocycles. The summed E-state index contributed by atoms with van der Waals surface area (Å²) in [6.45, 7) is 5.88. The van der Waals surface area contributed by atoms with Gasteiger partial charge in [-0.2, -0.15) is 0 Å². The Morgan fingerprint density at radius 3 is 2.48 bits per heavy atom. The van der Waals surface area contributed by atoms with E-state index in [-0.39, 0.29) is 0 Å². The van der Waals surface area contributed by atoms with Crippen LogP contribution < -0.4 is 10.2 Å². The van der Waals surface area contributed by atoms with E-state index < -0.39 is 0 Å². The molecule has 0 amide bonds. The lowest BCUT2D eigenvalue weighted by atomic mass is 10.2. The number of hydrogen-bond acceptors (Lipinski definition) is 6. The average molecular weight is 460 g/mol. The van der Waals surface area contributed by atoms with Gasteiger partial charge in [0.15, 0.2) is 11.6 Å². The van der Waals surface area contributed by atoms with E-state index in [0.29, 0.717) is 11.6 Å². The standard InChI is InChI=1S/C23H27Cl2N5O/c1-31-14-4-9-26-22-23(28-21-6-3-2-5-20(21)27-22)30-12-10-29(11-13-30)16-17-15-18(24)7-8-19(17)25/h2-3,5-8,15H,4,9-14,16H2,1H3,(H,26,27). The Labute approximate surface area is 193 Å². The van der Waals surface area contributed by atoms with Gasteiger partial charge in [0.25, 0.3) is 0 Å². The van der Waals surface area contributed by atoms with Gasteiger partial charge in [0.05, 0.1) is 11.0 Å². The third-order valence-electron chi connectivity index (χ3n) is 5.44. The van der Waals surface area contributed by atoms with Gasteiger partial charge in [-0.15, -0.1) is 0 Å². The lowest BCUT2D eigenvalue weighted by Crippen LogP contribution is -2.46. The zero-order chi connectivity index (χ0) is 21.6. The smallest absolute Gasteiger partial charge is 0.172 e. The molecule has 1 aliphatic rings. The average Bonchev–Trinajstić information content (AvgIpc) is 2.79. The Morgan fingerprint density at radius 2 is 1.74 bits per heavy atom. The highest BCUT2D eigenvalue weighted by atomic mass is 35.5. The van der Waals surface area contributed by atoms with Crippen LogP contribution in [0.25, 0.3) is 11.0 Å². The quantitative estimate of drug-likeness (QED) is 0.492. The summed E-state index contributed by atoms with van der Waals surface area (Å²) in [6, 6.07) is 13.6. The SMILES string of the molecule is COCCCNc1nc2ccccc2nc1N1CCN(Cc2cc(Cl)ccc2Cl)CC1. The molecule has 2 heterocycles. The van der Waals surface area contributed by atoms with Crippen LogP contribution in [0.3, 0.4) is 0 Å². The summed E-state index contributed by atoms with van der Waals surface area (Å²) in [5.41, 5.74) is 2.87. The van der Waals surface area contributed by atoms with Crippen LogP contribution in [0, 0.1) is 0 Å². The summed E-state index contributed by atoms with van der Waals surface area (Å²) in [7, 11) is 1.72. The third kappa shape index (κ3) is 5.57. The molecule has 1 aliphatic heterocycles. The van der Waals surface area contributed by atoms with E-state index in [2.05, 4.69) is 15.1 Å². The molecule has 0 aliphatic carbocycles. The number of hydrogen-bond donors (Lipinski definition) is 1. The normalized spacial score (nSPS) is 14.9. The van der Waals surface area contributed by atoms with Crippen molar-refractivity contribution in [1.29, 1.82) is 0 Å². The molecule has 1 saturated heterocycles. The molecule has 8 heteroatoms. The molecular formula is C23H27Cl2N5O. The molecular weight excluding hydrogens is 433 g/mol. The van der Waals surface area contributed by atoms with Crippen molar-refractivity contribution in [2.75, 3.05) is 56.7 Å². The van der Waals surface area contributed by atoms with Crippen molar-refractivity contribution in [1.82, 2.24) is 14.9 Å². The lowest BCUT2D eigenvalue weighted by molar-refractivity contribution is 0.197. The predicted molar refractivity (Wildman–Crippen MR) is 128 cm³/mol. The lowest BCUT2D eigenvalue weighted by Gasteiger charge is -2.36. The first-order chi connectivity index (χ1) is 15.1.